The van der Waals surface area contributed by atoms with Crippen LogP contribution in [-0.2, 0) is 17.1 Å². The van der Waals surface area contributed by atoms with Crippen LogP contribution in [0.25, 0.3) is 10.7 Å². The number of hydrogen-bond donors (Lipinski definition) is 2. The molecule has 2 heterocycles. The summed E-state index contributed by atoms with van der Waals surface area (Å²) in [4.78, 5) is 17.0. The van der Waals surface area contributed by atoms with Crippen molar-refractivity contribution in [1.29, 1.82) is 0 Å². The van der Waals surface area contributed by atoms with Crippen LogP contribution < -0.4 is 5.32 Å². The third-order valence-corrected chi connectivity index (χ3v) is 5.15. The second kappa shape index (κ2) is 8.06. The molecule has 1 aromatic carbocycles. The zero-order valence-electron chi connectivity index (χ0n) is 14.1. The second-order valence-corrected chi connectivity index (χ2v) is 7.47. The topological polar surface area (TPSA) is 70.7 Å². The molecular weight excluding hydrogens is 442 g/mol. The highest BCUT2D eigenvalue weighted by Crippen LogP contribution is 2.37. The number of H-pyrrole nitrogens is 1. The minimum Gasteiger partial charge on any atom is -0.325 e. The fourth-order valence-corrected chi connectivity index (χ4v) is 3.45. The van der Waals surface area contributed by atoms with Crippen molar-refractivity contribution in [3.05, 3.63) is 46.8 Å². The maximum absolute atomic E-state index is 12.9. The molecule has 5 nitrogen and oxygen atoms in total. The molecule has 29 heavy (non-hydrogen) atoms. The summed E-state index contributed by atoms with van der Waals surface area (Å²) in [6.07, 6.45) is -9.99. The first kappa shape index (κ1) is 21.2. The van der Waals surface area contributed by atoms with Crippen molar-refractivity contribution < 1.29 is 31.1 Å². The Balaban J connectivity index is 1.68. The van der Waals surface area contributed by atoms with E-state index in [1.165, 1.54) is 11.3 Å². The highest BCUT2D eigenvalue weighted by molar-refractivity contribution is 7.99. The van der Waals surface area contributed by atoms with Gasteiger partial charge in [-0.05, 0) is 29.6 Å². The molecule has 0 radical (unpaired) electrons. The first-order chi connectivity index (χ1) is 13.5. The fourth-order valence-electron chi connectivity index (χ4n) is 2.19. The third-order valence-electron chi connectivity index (χ3n) is 3.42. The molecule has 2 aromatic heterocycles. The van der Waals surface area contributed by atoms with Crippen LogP contribution in [0.3, 0.4) is 0 Å². The van der Waals surface area contributed by atoms with E-state index < -0.39 is 35.1 Å². The zero-order chi connectivity index (χ0) is 21.2. The van der Waals surface area contributed by atoms with E-state index in [-0.39, 0.29) is 17.0 Å². The van der Waals surface area contributed by atoms with Crippen molar-refractivity contribution in [2.45, 2.75) is 17.5 Å². The number of nitrogens with zero attached hydrogens (tertiary/aromatic N) is 2. The number of aromatic amines is 1. The van der Waals surface area contributed by atoms with Crippen LogP contribution >= 0.6 is 23.1 Å². The van der Waals surface area contributed by atoms with Gasteiger partial charge in [0, 0.05) is 5.69 Å². The second-order valence-electron chi connectivity index (χ2n) is 5.58. The number of halogens is 6. The Hall–Kier alpha value is -2.54. The Labute approximate surface area is 167 Å². The molecule has 0 atom stereocenters. The van der Waals surface area contributed by atoms with Crippen molar-refractivity contribution in [3.8, 4) is 10.7 Å². The van der Waals surface area contributed by atoms with Gasteiger partial charge in [0.1, 0.15) is 0 Å². The van der Waals surface area contributed by atoms with Gasteiger partial charge in [-0.25, -0.2) is 4.98 Å². The molecule has 0 fully saturated rings. The number of thioether (sulfide) groups is 1. The maximum Gasteiger partial charge on any atom is 0.416 e. The summed E-state index contributed by atoms with van der Waals surface area (Å²) in [6.45, 7) is 0. The lowest BCUT2D eigenvalue weighted by atomic mass is 10.1. The van der Waals surface area contributed by atoms with Gasteiger partial charge in [0.2, 0.25) is 11.1 Å². The van der Waals surface area contributed by atoms with Gasteiger partial charge in [-0.2, -0.15) is 26.3 Å². The quantitative estimate of drug-likeness (QED) is 0.407. The number of aromatic nitrogens is 3. The van der Waals surface area contributed by atoms with Crippen LogP contribution in [-0.4, -0.2) is 26.8 Å². The molecule has 3 aromatic rings. The fraction of sp³-hybridized carbons (Fsp3) is 0.188. The van der Waals surface area contributed by atoms with E-state index in [4.69, 9.17) is 0 Å². The van der Waals surface area contributed by atoms with Crippen molar-refractivity contribution in [1.82, 2.24) is 15.2 Å². The van der Waals surface area contributed by atoms with Crippen LogP contribution in [0.15, 0.2) is 40.9 Å². The number of thiophene rings is 1. The predicted molar refractivity (Wildman–Crippen MR) is 95.5 cm³/mol. The van der Waals surface area contributed by atoms with Crippen LogP contribution in [0.1, 0.15) is 11.1 Å². The minimum atomic E-state index is -4.99. The normalized spacial score (nSPS) is 12.2. The van der Waals surface area contributed by atoms with E-state index >= 15 is 0 Å². The highest BCUT2D eigenvalue weighted by atomic mass is 32.2. The van der Waals surface area contributed by atoms with Gasteiger partial charge in [0.15, 0.2) is 5.82 Å². The van der Waals surface area contributed by atoms with E-state index in [9.17, 15) is 31.1 Å². The summed E-state index contributed by atoms with van der Waals surface area (Å²) in [7, 11) is 0. The van der Waals surface area contributed by atoms with Gasteiger partial charge in [0.05, 0.1) is 21.8 Å². The molecule has 13 heteroatoms. The molecule has 0 aliphatic rings. The van der Waals surface area contributed by atoms with Crippen molar-refractivity contribution in [2.24, 2.45) is 0 Å². The molecule has 3 rings (SSSR count). The van der Waals surface area contributed by atoms with E-state index in [0.717, 1.165) is 16.6 Å². The van der Waals surface area contributed by atoms with Gasteiger partial charge in [-0.1, -0.05) is 17.8 Å². The Morgan fingerprint density at radius 1 is 1.10 bits per heavy atom. The number of carbonyl (C=O) groups is 1. The van der Waals surface area contributed by atoms with E-state index in [0.29, 0.717) is 18.0 Å². The first-order valence-electron chi connectivity index (χ1n) is 7.71. The molecule has 0 spiro atoms. The summed E-state index contributed by atoms with van der Waals surface area (Å²) in [6, 6.07) is 4.49. The van der Waals surface area contributed by atoms with Gasteiger partial charge < -0.3 is 5.32 Å². The molecule has 0 aliphatic heterocycles. The molecule has 0 saturated carbocycles. The first-order valence-corrected chi connectivity index (χ1v) is 9.57. The molecule has 0 unspecified atom stereocenters. The lowest BCUT2D eigenvalue weighted by molar-refractivity contribution is -0.143. The van der Waals surface area contributed by atoms with Crippen LogP contribution in [0.4, 0.5) is 32.0 Å². The standard InChI is InChI=1S/C16H10F6N4OS2/c17-15(18,19)8-4-9(16(20,21)22)6-10(5-8)23-12(27)7-29-14-24-13(25-26-14)11-2-1-3-28-11/h1-6H,7H2,(H,23,27)(H,24,25,26). The van der Waals surface area contributed by atoms with Gasteiger partial charge >= 0.3 is 12.4 Å². The minimum absolute atomic E-state index is 0.00977. The number of amides is 1. The number of alkyl halides is 6. The third kappa shape index (κ3) is 5.50. The Bertz CT molecular complexity index is 966. The summed E-state index contributed by atoms with van der Waals surface area (Å²) >= 11 is 2.30. The lowest BCUT2D eigenvalue weighted by Gasteiger charge is -2.14. The smallest absolute Gasteiger partial charge is 0.325 e. The molecule has 2 N–H and O–H groups in total. The molecular formula is C16H10F6N4OS2. The average molecular weight is 452 g/mol. The van der Waals surface area contributed by atoms with Crippen LogP contribution in [0.5, 0.6) is 0 Å². The van der Waals surface area contributed by atoms with E-state index in [2.05, 4.69) is 15.2 Å². The molecule has 0 aliphatic carbocycles. The van der Waals surface area contributed by atoms with Crippen LogP contribution in [0, 0.1) is 0 Å². The number of rotatable bonds is 5. The number of nitrogens with one attached hydrogen (secondary N) is 2. The van der Waals surface area contributed by atoms with Crippen LogP contribution in [0.2, 0.25) is 0 Å². The summed E-state index contributed by atoms with van der Waals surface area (Å²) in [5, 5.41) is 10.7. The number of benzene rings is 1. The van der Waals surface area contributed by atoms with Crippen molar-refractivity contribution >= 4 is 34.7 Å². The molecule has 0 saturated heterocycles. The Kier molecular flexibility index (Phi) is 5.89. The molecule has 1 amide bonds. The number of anilines is 1. The summed E-state index contributed by atoms with van der Waals surface area (Å²) in [5.74, 6) is -0.625. The van der Waals surface area contributed by atoms with E-state index in [1.54, 1.807) is 6.07 Å². The average Bonchev–Trinajstić information content (AvgIpc) is 3.29. The lowest BCUT2D eigenvalue weighted by Crippen LogP contribution is -2.17. The monoisotopic (exact) mass is 452 g/mol. The predicted octanol–water partition coefficient (Wildman–Crippen LogP) is 5.30. The SMILES string of the molecule is O=C(CSc1n[nH]c(-c2cccs2)n1)Nc1cc(C(F)(F)F)cc(C(F)(F)F)c1. The summed E-state index contributed by atoms with van der Waals surface area (Å²) in [5.41, 5.74) is -3.62. The van der Waals surface area contributed by atoms with E-state index in [1.807, 2.05) is 16.8 Å². The largest absolute Gasteiger partial charge is 0.416 e. The highest BCUT2D eigenvalue weighted by Gasteiger charge is 2.37. The molecule has 0 bridgehead atoms. The Morgan fingerprint density at radius 3 is 2.31 bits per heavy atom. The number of hydrogen-bond acceptors (Lipinski definition) is 5. The maximum atomic E-state index is 12.9. The van der Waals surface area contributed by atoms with Gasteiger partial charge in [0.25, 0.3) is 0 Å². The molecule has 154 valence electrons. The van der Waals surface area contributed by atoms with Gasteiger partial charge in [-0.3, -0.25) is 9.89 Å². The van der Waals surface area contributed by atoms with Gasteiger partial charge in [-0.15, -0.1) is 16.4 Å². The van der Waals surface area contributed by atoms with Crippen molar-refractivity contribution in [3.63, 3.8) is 0 Å². The Morgan fingerprint density at radius 2 is 1.76 bits per heavy atom. The zero-order valence-corrected chi connectivity index (χ0v) is 15.7. The van der Waals surface area contributed by atoms with Crippen molar-refractivity contribution in [2.75, 3.05) is 11.1 Å². The number of carbonyl (C=O) groups excluding carboxylic acids is 1. The summed E-state index contributed by atoms with van der Waals surface area (Å²) < 4.78 is 77.2.